The van der Waals surface area contributed by atoms with E-state index in [-0.39, 0.29) is 46.6 Å². The predicted octanol–water partition coefficient (Wildman–Crippen LogP) is 3.86. The lowest BCUT2D eigenvalue weighted by Crippen LogP contribution is -2.46. The summed E-state index contributed by atoms with van der Waals surface area (Å²) >= 11 is 7.76. The van der Waals surface area contributed by atoms with Crippen LogP contribution in [-0.2, 0) is 21.2 Å². The third kappa shape index (κ3) is 4.09. The van der Waals surface area contributed by atoms with Crippen LogP contribution in [0.4, 0.5) is 5.69 Å². The average molecular weight is 484 g/mol. The van der Waals surface area contributed by atoms with Crippen molar-refractivity contribution in [3.05, 3.63) is 55.2 Å². The summed E-state index contributed by atoms with van der Waals surface area (Å²) in [6, 6.07) is 5.47. The molecule has 11 heteroatoms. The number of nitro groups is 1. The van der Waals surface area contributed by atoms with Crippen LogP contribution in [0.1, 0.15) is 36.2 Å². The van der Waals surface area contributed by atoms with Gasteiger partial charge in [0.1, 0.15) is 4.90 Å². The molecule has 0 saturated carbocycles. The maximum Gasteiger partial charge on any atom is 0.270 e. The van der Waals surface area contributed by atoms with E-state index in [1.54, 1.807) is 11.3 Å². The first-order valence-electron chi connectivity index (χ1n) is 10.0. The van der Waals surface area contributed by atoms with E-state index in [1.807, 2.05) is 11.8 Å². The molecule has 1 aromatic carbocycles. The quantitative estimate of drug-likeness (QED) is 0.485. The molecule has 166 valence electrons. The normalized spacial score (nSPS) is 20.5. The average Bonchev–Trinajstić information content (AvgIpc) is 3.23. The highest BCUT2D eigenvalue weighted by atomic mass is 35.5. The van der Waals surface area contributed by atoms with E-state index in [2.05, 4.69) is 11.4 Å². The Balaban J connectivity index is 1.46. The number of amides is 1. The molecule has 31 heavy (non-hydrogen) atoms. The number of fused-ring (bicyclic) bond motifs is 1. The van der Waals surface area contributed by atoms with Crippen molar-refractivity contribution in [1.29, 1.82) is 0 Å². The van der Waals surface area contributed by atoms with E-state index >= 15 is 0 Å². The molecule has 1 saturated heterocycles. The maximum absolute atomic E-state index is 13.2. The first kappa shape index (κ1) is 22.2. The van der Waals surface area contributed by atoms with Crippen LogP contribution < -0.4 is 0 Å². The van der Waals surface area contributed by atoms with Gasteiger partial charge in [0.05, 0.1) is 16.0 Å². The van der Waals surface area contributed by atoms with Gasteiger partial charge in [-0.2, -0.15) is 4.31 Å². The van der Waals surface area contributed by atoms with Crippen LogP contribution in [0.2, 0.25) is 5.02 Å². The minimum absolute atomic E-state index is 0.0212. The molecule has 2 aromatic rings. The van der Waals surface area contributed by atoms with Crippen molar-refractivity contribution in [2.45, 2.75) is 37.1 Å². The topological polar surface area (TPSA) is 101 Å². The number of piperidine rings is 1. The molecular weight excluding hydrogens is 462 g/mol. The lowest BCUT2D eigenvalue weighted by Gasteiger charge is -2.38. The zero-order valence-corrected chi connectivity index (χ0v) is 19.3. The van der Waals surface area contributed by atoms with Crippen molar-refractivity contribution in [3.8, 4) is 0 Å². The van der Waals surface area contributed by atoms with Crippen LogP contribution in [0.15, 0.2) is 34.5 Å². The Morgan fingerprint density at radius 3 is 2.61 bits per heavy atom. The lowest BCUT2D eigenvalue weighted by molar-refractivity contribution is -0.385. The SMILES string of the molecule is CC1c2ccsc2CCN1C(=O)C1CCN(S(=O)(=O)c2cc([N+](=O)[O-])ccc2Cl)CC1. The van der Waals surface area contributed by atoms with Crippen molar-refractivity contribution >= 4 is 44.6 Å². The van der Waals surface area contributed by atoms with E-state index < -0.39 is 14.9 Å². The van der Waals surface area contributed by atoms with E-state index in [1.165, 1.54) is 26.9 Å². The van der Waals surface area contributed by atoms with Gasteiger partial charge in [0.15, 0.2) is 0 Å². The zero-order valence-electron chi connectivity index (χ0n) is 16.9. The smallest absolute Gasteiger partial charge is 0.270 e. The van der Waals surface area contributed by atoms with Gasteiger partial charge in [-0.3, -0.25) is 14.9 Å². The molecule has 3 heterocycles. The number of non-ortho nitro benzene ring substituents is 1. The van der Waals surface area contributed by atoms with Crippen LogP contribution >= 0.6 is 22.9 Å². The second kappa shape index (κ2) is 8.50. The van der Waals surface area contributed by atoms with Gasteiger partial charge in [0.2, 0.25) is 15.9 Å². The molecule has 0 N–H and O–H groups in total. The standard InChI is InChI=1S/C20H22ClN3O5S2/c1-13-16-7-11-30-18(16)6-10-23(13)20(25)14-4-8-22(9-5-14)31(28,29)19-12-15(24(26)27)2-3-17(19)21/h2-3,7,11-14H,4-6,8-10H2,1H3. The summed E-state index contributed by atoms with van der Waals surface area (Å²) in [5, 5.41) is 13.0. The third-order valence-corrected chi connectivity index (χ3v) is 9.48. The van der Waals surface area contributed by atoms with E-state index in [4.69, 9.17) is 11.6 Å². The van der Waals surface area contributed by atoms with Gasteiger partial charge < -0.3 is 4.90 Å². The van der Waals surface area contributed by atoms with Gasteiger partial charge in [0.25, 0.3) is 5.69 Å². The van der Waals surface area contributed by atoms with Crippen molar-refractivity contribution in [1.82, 2.24) is 9.21 Å². The van der Waals surface area contributed by atoms with E-state index in [9.17, 15) is 23.3 Å². The maximum atomic E-state index is 13.2. The number of thiophene rings is 1. The van der Waals surface area contributed by atoms with Crippen molar-refractivity contribution in [2.75, 3.05) is 19.6 Å². The molecule has 1 unspecified atom stereocenters. The molecule has 1 atom stereocenters. The van der Waals surface area contributed by atoms with Crippen molar-refractivity contribution in [3.63, 3.8) is 0 Å². The number of halogens is 1. The summed E-state index contributed by atoms with van der Waals surface area (Å²) in [4.78, 5) is 26.5. The number of carbonyl (C=O) groups excluding carboxylic acids is 1. The molecule has 0 spiro atoms. The largest absolute Gasteiger partial charge is 0.335 e. The lowest BCUT2D eigenvalue weighted by atomic mass is 9.93. The van der Waals surface area contributed by atoms with Gasteiger partial charge >= 0.3 is 0 Å². The number of benzene rings is 1. The van der Waals surface area contributed by atoms with Gasteiger partial charge in [-0.15, -0.1) is 11.3 Å². The third-order valence-electron chi connectivity index (χ3n) is 6.11. The summed E-state index contributed by atoms with van der Waals surface area (Å²) in [5.41, 5.74) is 0.866. The fraction of sp³-hybridized carbons (Fsp3) is 0.450. The molecule has 2 aliphatic heterocycles. The highest BCUT2D eigenvalue weighted by Crippen LogP contribution is 2.36. The molecule has 0 radical (unpaired) electrons. The highest BCUT2D eigenvalue weighted by molar-refractivity contribution is 7.89. The summed E-state index contributed by atoms with van der Waals surface area (Å²) in [5.74, 6) is -0.176. The molecule has 1 aromatic heterocycles. The summed E-state index contributed by atoms with van der Waals surface area (Å²) in [6.45, 7) is 3.05. The minimum Gasteiger partial charge on any atom is -0.335 e. The molecule has 2 aliphatic rings. The molecule has 1 amide bonds. The van der Waals surface area contributed by atoms with E-state index in [0.717, 1.165) is 12.5 Å². The molecular formula is C20H22ClN3O5S2. The van der Waals surface area contributed by atoms with Crippen LogP contribution in [0, 0.1) is 16.0 Å². The first-order chi connectivity index (χ1) is 14.7. The molecule has 0 aliphatic carbocycles. The summed E-state index contributed by atoms with van der Waals surface area (Å²) < 4.78 is 27.4. The molecule has 0 bridgehead atoms. The van der Waals surface area contributed by atoms with Crippen LogP contribution in [0.25, 0.3) is 0 Å². The Labute approximate surface area is 189 Å². The Hall–Kier alpha value is -2.01. The van der Waals surface area contributed by atoms with Crippen LogP contribution in [0.5, 0.6) is 0 Å². The number of hydrogen-bond acceptors (Lipinski definition) is 6. The summed E-state index contributed by atoms with van der Waals surface area (Å²) in [6.07, 6.45) is 1.66. The highest BCUT2D eigenvalue weighted by Gasteiger charge is 2.37. The molecule has 8 nitrogen and oxygen atoms in total. The monoisotopic (exact) mass is 483 g/mol. The first-order valence-corrected chi connectivity index (χ1v) is 12.7. The Bertz CT molecular complexity index is 1130. The van der Waals surface area contributed by atoms with E-state index in [0.29, 0.717) is 19.4 Å². The Morgan fingerprint density at radius 1 is 1.23 bits per heavy atom. The Kier molecular flexibility index (Phi) is 6.08. The molecule has 4 rings (SSSR count). The predicted molar refractivity (Wildman–Crippen MR) is 118 cm³/mol. The minimum atomic E-state index is -3.99. The zero-order chi connectivity index (χ0) is 22.3. The van der Waals surface area contributed by atoms with Crippen LogP contribution in [0.3, 0.4) is 0 Å². The molecule has 1 fully saturated rings. The number of hydrogen-bond donors (Lipinski definition) is 0. The van der Waals surface area contributed by atoms with Gasteiger partial charge in [-0.25, -0.2) is 8.42 Å². The fourth-order valence-corrected chi connectivity index (χ4v) is 7.26. The summed E-state index contributed by atoms with van der Waals surface area (Å²) in [7, 11) is -3.99. The number of sulfonamides is 1. The van der Waals surface area contributed by atoms with Gasteiger partial charge in [0, 0.05) is 42.6 Å². The fourth-order valence-electron chi connectivity index (χ4n) is 4.33. The number of rotatable bonds is 4. The van der Waals surface area contributed by atoms with Crippen molar-refractivity contribution < 1.29 is 18.1 Å². The second-order valence-corrected chi connectivity index (χ2v) is 11.1. The second-order valence-electron chi connectivity index (χ2n) is 7.81. The number of carbonyl (C=O) groups is 1. The Morgan fingerprint density at radius 2 is 1.94 bits per heavy atom. The van der Waals surface area contributed by atoms with Crippen molar-refractivity contribution in [2.24, 2.45) is 5.92 Å². The van der Waals surface area contributed by atoms with Gasteiger partial charge in [-0.05, 0) is 49.3 Å². The van der Waals surface area contributed by atoms with Gasteiger partial charge in [-0.1, -0.05) is 11.6 Å². The van der Waals surface area contributed by atoms with Crippen LogP contribution in [-0.4, -0.2) is 48.1 Å². The number of nitro benzene ring substituents is 1. The number of nitrogens with zero attached hydrogens (tertiary/aromatic N) is 3.